The van der Waals surface area contributed by atoms with Gasteiger partial charge in [0.25, 0.3) is 0 Å². The number of hydrogen-bond acceptors (Lipinski definition) is 3. The van der Waals surface area contributed by atoms with E-state index in [0.29, 0.717) is 10.8 Å². The lowest BCUT2D eigenvalue weighted by Gasteiger charge is -2.27. The predicted octanol–water partition coefficient (Wildman–Crippen LogP) is 2.74. The zero-order valence-corrected chi connectivity index (χ0v) is 13.6. The van der Waals surface area contributed by atoms with Crippen LogP contribution in [0.4, 0.5) is 0 Å². The van der Waals surface area contributed by atoms with Gasteiger partial charge in [0.1, 0.15) is 0 Å². The molecule has 1 saturated carbocycles. The Bertz CT molecular complexity index is 545. The Kier molecular flexibility index (Phi) is 5.41. The molecule has 0 amide bonds. The summed E-state index contributed by atoms with van der Waals surface area (Å²) in [6.07, 6.45) is 3.91. The van der Waals surface area contributed by atoms with Gasteiger partial charge in [-0.25, -0.2) is 8.42 Å². The molecule has 1 aliphatic carbocycles. The minimum Gasteiger partial charge on any atom is -0.395 e. The number of nitrogens with zero attached hydrogens (tertiary/aromatic N) is 1. The molecule has 0 radical (unpaired) electrons. The van der Waals surface area contributed by atoms with Crippen LogP contribution in [0.15, 0.2) is 29.2 Å². The topological polar surface area (TPSA) is 57.6 Å². The molecule has 0 aliphatic heterocycles. The van der Waals surface area contributed by atoms with Crippen molar-refractivity contribution in [3.63, 3.8) is 0 Å². The van der Waals surface area contributed by atoms with Gasteiger partial charge in [-0.15, -0.1) is 0 Å². The standard InChI is InChI=1S/C16H25NO3S/c1-13(2)14-7-9-16(10-8-14)21(19,20)17(11-12-18)15-5-3-4-6-15/h7-10,13,15,18H,3-6,11-12H2,1-2H3. The fourth-order valence-electron chi connectivity index (χ4n) is 2.95. The van der Waals surface area contributed by atoms with Crippen molar-refractivity contribution in [2.45, 2.75) is 56.4 Å². The van der Waals surface area contributed by atoms with E-state index >= 15 is 0 Å². The maximum Gasteiger partial charge on any atom is 0.243 e. The molecule has 1 aromatic carbocycles. The molecular formula is C16H25NO3S. The average Bonchev–Trinajstić information content (AvgIpc) is 2.98. The Balaban J connectivity index is 2.28. The Morgan fingerprint density at radius 2 is 1.76 bits per heavy atom. The van der Waals surface area contributed by atoms with E-state index in [2.05, 4.69) is 13.8 Å². The first-order chi connectivity index (χ1) is 9.96. The van der Waals surface area contributed by atoms with Crippen LogP contribution in [0.25, 0.3) is 0 Å². The third-order valence-electron chi connectivity index (χ3n) is 4.21. The van der Waals surface area contributed by atoms with Crippen molar-refractivity contribution in [3.05, 3.63) is 29.8 Å². The summed E-state index contributed by atoms with van der Waals surface area (Å²) in [5.41, 5.74) is 1.13. The molecule has 4 nitrogen and oxygen atoms in total. The highest BCUT2D eigenvalue weighted by Crippen LogP contribution is 2.29. The van der Waals surface area contributed by atoms with Crippen molar-refractivity contribution in [3.8, 4) is 0 Å². The molecule has 0 atom stereocenters. The van der Waals surface area contributed by atoms with E-state index in [-0.39, 0.29) is 19.2 Å². The van der Waals surface area contributed by atoms with Gasteiger partial charge in [-0.1, -0.05) is 38.8 Å². The van der Waals surface area contributed by atoms with Crippen LogP contribution in [0.3, 0.4) is 0 Å². The Labute approximate surface area is 127 Å². The van der Waals surface area contributed by atoms with Gasteiger partial charge in [-0.2, -0.15) is 4.31 Å². The van der Waals surface area contributed by atoms with E-state index in [0.717, 1.165) is 31.2 Å². The minimum absolute atomic E-state index is 0.0342. The molecule has 1 aliphatic rings. The van der Waals surface area contributed by atoms with Crippen molar-refractivity contribution in [1.29, 1.82) is 0 Å². The van der Waals surface area contributed by atoms with Crippen LogP contribution in [-0.4, -0.2) is 37.0 Å². The van der Waals surface area contributed by atoms with Gasteiger partial charge in [0.15, 0.2) is 0 Å². The van der Waals surface area contributed by atoms with Crippen molar-refractivity contribution in [2.75, 3.05) is 13.2 Å². The van der Waals surface area contributed by atoms with Crippen LogP contribution < -0.4 is 0 Å². The van der Waals surface area contributed by atoms with E-state index in [9.17, 15) is 13.5 Å². The summed E-state index contributed by atoms with van der Waals surface area (Å²) in [7, 11) is -3.52. The second kappa shape index (κ2) is 6.90. The van der Waals surface area contributed by atoms with Crippen LogP contribution in [0, 0.1) is 0 Å². The largest absolute Gasteiger partial charge is 0.395 e. The molecule has 0 unspecified atom stereocenters. The number of aliphatic hydroxyl groups excluding tert-OH is 1. The maximum absolute atomic E-state index is 12.8. The van der Waals surface area contributed by atoms with Crippen molar-refractivity contribution >= 4 is 10.0 Å². The fraction of sp³-hybridized carbons (Fsp3) is 0.625. The van der Waals surface area contributed by atoms with Gasteiger partial charge < -0.3 is 5.11 Å². The molecular weight excluding hydrogens is 286 g/mol. The lowest BCUT2D eigenvalue weighted by molar-refractivity contribution is 0.226. The van der Waals surface area contributed by atoms with Crippen molar-refractivity contribution in [1.82, 2.24) is 4.31 Å². The highest BCUT2D eigenvalue weighted by Gasteiger charge is 2.32. The summed E-state index contributed by atoms with van der Waals surface area (Å²) in [5, 5.41) is 9.22. The van der Waals surface area contributed by atoms with Gasteiger partial charge in [0, 0.05) is 12.6 Å². The summed E-state index contributed by atoms with van der Waals surface area (Å²) in [5.74, 6) is 0.380. The monoisotopic (exact) mass is 311 g/mol. The minimum atomic E-state index is -3.52. The van der Waals surface area contributed by atoms with Crippen LogP contribution in [-0.2, 0) is 10.0 Å². The summed E-state index contributed by atoms with van der Waals surface area (Å²) in [6.45, 7) is 4.21. The number of hydrogen-bond donors (Lipinski definition) is 1. The third kappa shape index (κ3) is 3.65. The maximum atomic E-state index is 12.8. The van der Waals surface area contributed by atoms with E-state index in [4.69, 9.17) is 0 Å². The highest BCUT2D eigenvalue weighted by molar-refractivity contribution is 7.89. The molecule has 0 aromatic heterocycles. The van der Waals surface area contributed by atoms with Crippen LogP contribution in [0.5, 0.6) is 0 Å². The molecule has 0 bridgehead atoms. The van der Waals surface area contributed by atoms with Gasteiger partial charge in [0.2, 0.25) is 10.0 Å². The molecule has 2 rings (SSSR count). The smallest absolute Gasteiger partial charge is 0.243 e. The fourth-order valence-corrected chi connectivity index (χ4v) is 4.63. The van der Waals surface area contributed by atoms with Crippen LogP contribution in [0.2, 0.25) is 0 Å². The van der Waals surface area contributed by atoms with E-state index in [1.165, 1.54) is 4.31 Å². The first-order valence-electron chi connectivity index (χ1n) is 7.69. The average molecular weight is 311 g/mol. The summed E-state index contributed by atoms with van der Waals surface area (Å²) in [6, 6.07) is 7.16. The van der Waals surface area contributed by atoms with E-state index in [1.807, 2.05) is 12.1 Å². The normalized spacial score (nSPS) is 17.0. The molecule has 5 heteroatoms. The van der Waals surface area contributed by atoms with Crippen molar-refractivity contribution in [2.24, 2.45) is 0 Å². The SMILES string of the molecule is CC(C)c1ccc(S(=O)(=O)N(CCO)C2CCCC2)cc1. The second-order valence-electron chi connectivity index (χ2n) is 6.00. The summed E-state index contributed by atoms with van der Waals surface area (Å²) < 4.78 is 27.1. The Morgan fingerprint density at radius 3 is 2.24 bits per heavy atom. The molecule has 0 heterocycles. The third-order valence-corrected chi connectivity index (χ3v) is 6.17. The Morgan fingerprint density at radius 1 is 1.19 bits per heavy atom. The molecule has 1 N–H and O–H groups in total. The first-order valence-corrected chi connectivity index (χ1v) is 9.13. The van der Waals surface area contributed by atoms with Crippen LogP contribution >= 0.6 is 0 Å². The number of aliphatic hydroxyl groups is 1. The van der Waals surface area contributed by atoms with Gasteiger partial charge in [0.05, 0.1) is 11.5 Å². The number of sulfonamides is 1. The van der Waals surface area contributed by atoms with Crippen LogP contribution in [0.1, 0.15) is 51.0 Å². The van der Waals surface area contributed by atoms with E-state index < -0.39 is 10.0 Å². The number of rotatable bonds is 6. The highest BCUT2D eigenvalue weighted by atomic mass is 32.2. The molecule has 1 fully saturated rings. The molecule has 0 spiro atoms. The lowest BCUT2D eigenvalue weighted by atomic mass is 10.0. The number of benzene rings is 1. The lowest BCUT2D eigenvalue weighted by Crippen LogP contribution is -2.40. The summed E-state index contributed by atoms with van der Waals surface area (Å²) in [4.78, 5) is 0.326. The first kappa shape index (κ1) is 16.5. The summed E-state index contributed by atoms with van der Waals surface area (Å²) >= 11 is 0. The zero-order valence-electron chi connectivity index (χ0n) is 12.8. The quantitative estimate of drug-likeness (QED) is 0.879. The molecule has 1 aromatic rings. The van der Waals surface area contributed by atoms with Crippen molar-refractivity contribution < 1.29 is 13.5 Å². The zero-order chi connectivity index (χ0) is 15.5. The second-order valence-corrected chi connectivity index (χ2v) is 7.89. The Hall–Kier alpha value is -0.910. The molecule has 21 heavy (non-hydrogen) atoms. The predicted molar refractivity (Wildman–Crippen MR) is 83.8 cm³/mol. The van der Waals surface area contributed by atoms with E-state index in [1.54, 1.807) is 12.1 Å². The molecule has 0 saturated heterocycles. The molecule has 118 valence electrons. The van der Waals surface area contributed by atoms with Gasteiger partial charge >= 0.3 is 0 Å². The van der Waals surface area contributed by atoms with Gasteiger partial charge in [-0.05, 0) is 36.5 Å². The van der Waals surface area contributed by atoms with Gasteiger partial charge in [-0.3, -0.25) is 0 Å².